The zero-order valence-corrected chi connectivity index (χ0v) is 13.0. The first-order valence-corrected chi connectivity index (χ1v) is 7.29. The molecule has 3 nitrogen and oxygen atoms in total. The van der Waals surface area contributed by atoms with E-state index in [9.17, 15) is 0 Å². The highest BCUT2D eigenvalue weighted by Gasteiger charge is 2.30. The van der Waals surface area contributed by atoms with Gasteiger partial charge in [-0.2, -0.15) is 0 Å². The number of rotatable bonds is 5. The summed E-state index contributed by atoms with van der Waals surface area (Å²) in [5, 5.41) is 0. The predicted octanol–water partition coefficient (Wildman–Crippen LogP) is 2.64. The van der Waals surface area contributed by atoms with E-state index in [1.54, 1.807) is 7.11 Å². The van der Waals surface area contributed by atoms with Gasteiger partial charge >= 0.3 is 0 Å². The number of ether oxygens (including phenoxy) is 1. The maximum absolute atomic E-state index is 5.99. The lowest BCUT2D eigenvalue weighted by molar-refractivity contribution is -0.00751. The molecule has 1 rings (SSSR count). The number of nitrogens with zero attached hydrogens (tertiary/aromatic N) is 1. The molecule has 0 amide bonds. The van der Waals surface area contributed by atoms with Crippen LogP contribution in [0.2, 0.25) is 0 Å². The maximum atomic E-state index is 5.99. The molecular formula is C15H32N2O. The highest BCUT2D eigenvalue weighted by atomic mass is 16.5. The summed E-state index contributed by atoms with van der Waals surface area (Å²) < 4.78 is 5.55. The molecule has 1 saturated heterocycles. The van der Waals surface area contributed by atoms with Crippen LogP contribution in [0.15, 0.2) is 0 Å². The van der Waals surface area contributed by atoms with Gasteiger partial charge in [0.05, 0.1) is 5.60 Å². The van der Waals surface area contributed by atoms with Crippen LogP contribution < -0.4 is 5.73 Å². The standard InChI is InChI=1S/C15H32N2O/c1-14(2)7-6-9-17(10-8-14)13(12-16)11-15(3,4)18-5/h13H,6-12,16H2,1-5H3. The third-order valence-electron chi connectivity index (χ3n) is 4.44. The molecule has 1 heterocycles. The average Bonchev–Trinajstić information content (AvgIpc) is 2.47. The van der Waals surface area contributed by atoms with Gasteiger partial charge < -0.3 is 10.5 Å². The summed E-state index contributed by atoms with van der Waals surface area (Å²) in [7, 11) is 1.79. The molecule has 0 aromatic carbocycles. The summed E-state index contributed by atoms with van der Waals surface area (Å²) in [6.07, 6.45) is 4.91. The van der Waals surface area contributed by atoms with Crippen molar-refractivity contribution in [1.82, 2.24) is 4.90 Å². The van der Waals surface area contributed by atoms with Crippen molar-refractivity contribution >= 4 is 0 Å². The molecule has 108 valence electrons. The first-order valence-electron chi connectivity index (χ1n) is 7.29. The van der Waals surface area contributed by atoms with Gasteiger partial charge in [0.15, 0.2) is 0 Å². The van der Waals surface area contributed by atoms with Crippen LogP contribution in [0.3, 0.4) is 0 Å². The SMILES string of the molecule is COC(C)(C)CC(CN)N1CCCC(C)(C)CC1. The van der Waals surface area contributed by atoms with Crippen LogP contribution in [-0.2, 0) is 4.74 Å². The second kappa shape index (κ2) is 6.36. The van der Waals surface area contributed by atoms with Crippen LogP contribution in [0.25, 0.3) is 0 Å². The number of hydrogen-bond donors (Lipinski definition) is 1. The van der Waals surface area contributed by atoms with Crippen molar-refractivity contribution in [2.24, 2.45) is 11.1 Å². The summed E-state index contributed by atoms with van der Waals surface area (Å²) in [6, 6.07) is 0.453. The molecule has 1 fully saturated rings. The van der Waals surface area contributed by atoms with Crippen LogP contribution >= 0.6 is 0 Å². The smallest absolute Gasteiger partial charge is 0.0638 e. The second-order valence-corrected chi connectivity index (χ2v) is 7.11. The van der Waals surface area contributed by atoms with Gasteiger partial charge in [-0.25, -0.2) is 0 Å². The molecule has 0 radical (unpaired) electrons. The van der Waals surface area contributed by atoms with E-state index in [1.165, 1.54) is 32.4 Å². The summed E-state index contributed by atoms with van der Waals surface area (Å²) in [5.41, 5.74) is 6.40. The van der Waals surface area contributed by atoms with Gasteiger partial charge in [0.25, 0.3) is 0 Å². The minimum atomic E-state index is -0.0775. The van der Waals surface area contributed by atoms with E-state index >= 15 is 0 Å². The van der Waals surface area contributed by atoms with E-state index in [0.717, 1.165) is 13.0 Å². The lowest BCUT2D eigenvalue weighted by Crippen LogP contribution is -2.45. The van der Waals surface area contributed by atoms with Gasteiger partial charge in [-0.3, -0.25) is 4.90 Å². The predicted molar refractivity (Wildman–Crippen MR) is 77.8 cm³/mol. The Balaban J connectivity index is 2.60. The second-order valence-electron chi connectivity index (χ2n) is 7.11. The summed E-state index contributed by atoms with van der Waals surface area (Å²) in [5.74, 6) is 0. The van der Waals surface area contributed by atoms with Gasteiger partial charge in [-0.15, -0.1) is 0 Å². The molecule has 2 N–H and O–H groups in total. The largest absolute Gasteiger partial charge is 0.379 e. The Morgan fingerprint density at radius 1 is 1.28 bits per heavy atom. The quantitative estimate of drug-likeness (QED) is 0.822. The molecule has 1 aliphatic rings. The minimum Gasteiger partial charge on any atom is -0.379 e. The van der Waals surface area contributed by atoms with Crippen molar-refractivity contribution in [3.8, 4) is 0 Å². The Morgan fingerprint density at radius 2 is 1.94 bits per heavy atom. The maximum Gasteiger partial charge on any atom is 0.0638 e. The van der Waals surface area contributed by atoms with Crippen molar-refractivity contribution in [3.63, 3.8) is 0 Å². The average molecular weight is 256 g/mol. The van der Waals surface area contributed by atoms with Crippen LogP contribution in [0.1, 0.15) is 53.4 Å². The van der Waals surface area contributed by atoms with Crippen molar-refractivity contribution in [1.29, 1.82) is 0 Å². The first kappa shape index (κ1) is 15.9. The molecule has 1 unspecified atom stereocenters. The summed E-state index contributed by atoms with van der Waals surface area (Å²) >= 11 is 0. The lowest BCUT2D eigenvalue weighted by atomic mass is 9.85. The Labute approximate surface area is 113 Å². The van der Waals surface area contributed by atoms with Crippen molar-refractivity contribution < 1.29 is 4.74 Å². The molecule has 0 aromatic heterocycles. The number of methoxy groups -OCH3 is 1. The monoisotopic (exact) mass is 256 g/mol. The van der Waals surface area contributed by atoms with E-state index in [0.29, 0.717) is 11.5 Å². The van der Waals surface area contributed by atoms with Crippen LogP contribution in [0.5, 0.6) is 0 Å². The van der Waals surface area contributed by atoms with Gasteiger partial charge in [-0.1, -0.05) is 13.8 Å². The molecule has 3 heteroatoms. The normalized spacial score (nSPS) is 23.7. The van der Waals surface area contributed by atoms with Gasteiger partial charge in [0.1, 0.15) is 0 Å². The van der Waals surface area contributed by atoms with Crippen molar-refractivity contribution in [2.75, 3.05) is 26.7 Å². The van der Waals surface area contributed by atoms with Gasteiger partial charge in [0, 0.05) is 19.7 Å². The lowest BCUT2D eigenvalue weighted by Gasteiger charge is -2.35. The molecule has 1 atom stereocenters. The molecule has 0 bridgehead atoms. The molecule has 0 aromatic rings. The van der Waals surface area contributed by atoms with Gasteiger partial charge in [0.2, 0.25) is 0 Å². The zero-order chi connectivity index (χ0) is 13.8. The fraction of sp³-hybridized carbons (Fsp3) is 1.00. The van der Waals surface area contributed by atoms with E-state index in [2.05, 4.69) is 32.6 Å². The topological polar surface area (TPSA) is 38.5 Å². The Morgan fingerprint density at radius 3 is 2.50 bits per heavy atom. The molecular weight excluding hydrogens is 224 g/mol. The molecule has 0 saturated carbocycles. The van der Waals surface area contributed by atoms with E-state index in [4.69, 9.17) is 10.5 Å². The van der Waals surface area contributed by atoms with Crippen LogP contribution in [0, 0.1) is 5.41 Å². The fourth-order valence-corrected chi connectivity index (χ4v) is 2.82. The first-order chi connectivity index (χ1) is 8.29. The zero-order valence-electron chi connectivity index (χ0n) is 13.0. The molecule has 0 spiro atoms. The van der Waals surface area contributed by atoms with Crippen molar-refractivity contribution in [3.05, 3.63) is 0 Å². The van der Waals surface area contributed by atoms with E-state index < -0.39 is 0 Å². The highest BCUT2D eigenvalue weighted by molar-refractivity contribution is 4.85. The number of nitrogens with two attached hydrogens (primary N) is 1. The van der Waals surface area contributed by atoms with Crippen LogP contribution in [0.4, 0.5) is 0 Å². The molecule has 1 aliphatic heterocycles. The minimum absolute atomic E-state index is 0.0775. The van der Waals surface area contributed by atoms with Gasteiger partial charge in [-0.05, 0) is 58.0 Å². The third-order valence-corrected chi connectivity index (χ3v) is 4.44. The molecule has 18 heavy (non-hydrogen) atoms. The third kappa shape index (κ3) is 4.87. The number of likely N-dealkylation sites (tertiary alicyclic amines) is 1. The fourth-order valence-electron chi connectivity index (χ4n) is 2.82. The Bertz CT molecular complexity index is 251. The van der Waals surface area contributed by atoms with E-state index in [1.807, 2.05) is 0 Å². The Hall–Kier alpha value is -0.120. The summed E-state index contributed by atoms with van der Waals surface area (Å²) in [4.78, 5) is 2.58. The van der Waals surface area contributed by atoms with Crippen molar-refractivity contribution in [2.45, 2.75) is 65.0 Å². The summed E-state index contributed by atoms with van der Waals surface area (Å²) in [6.45, 7) is 12.2. The molecule has 0 aliphatic carbocycles. The highest BCUT2D eigenvalue weighted by Crippen LogP contribution is 2.31. The number of hydrogen-bond acceptors (Lipinski definition) is 3. The van der Waals surface area contributed by atoms with E-state index in [-0.39, 0.29) is 5.60 Å². The Kier molecular flexibility index (Phi) is 5.63. The van der Waals surface area contributed by atoms with Crippen LogP contribution in [-0.4, -0.2) is 43.3 Å².